The third kappa shape index (κ3) is 5.48. The predicted molar refractivity (Wildman–Crippen MR) is 120 cm³/mol. The van der Waals surface area contributed by atoms with Crippen molar-refractivity contribution in [1.82, 2.24) is 0 Å². The molecule has 1 N–H and O–H groups in total. The second-order valence-corrected chi connectivity index (χ2v) is 8.16. The standard InChI is InChI=1S/C21H16BrCl3FNO2/c1-28-20-7-5-16(22)15(10-27-19-8-13(23)3-6-17(19)24)21(20)29-11-12-2-4-14(26)9-18(12)25/h2-9,27H,10-11H2,1H3. The number of benzene rings is 3. The Balaban J connectivity index is 1.87. The highest BCUT2D eigenvalue weighted by Crippen LogP contribution is 2.38. The molecule has 8 heteroatoms. The Labute approximate surface area is 191 Å². The van der Waals surface area contributed by atoms with E-state index in [1.165, 1.54) is 12.1 Å². The lowest BCUT2D eigenvalue weighted by Gasteiger charge is -2.18. The lowest BCUT2D eigenvalue weighted by molar-refractivity contribution is 0.281. The van der Waals surface area contributed by atoms with E-state index < -0.39 is 5.82 Å². The summed E-state index contributed by atoms with van der Waals surface area (Å²) in [5, 5.41) is 4.68. The van der Waals surface area contributed by atoms with Crippen LogP contribution in [0.1, 0.15) is 11.1 Å². The third-order valence-electron chi connectivity index (χ3n) is 4.16. The van der Waals surface area contributed by atoms with Gasteiger partial charge in [0.25, 0.3) is 0 Å². The molecular weight excluding hydrogens is 503 g/mol. The van der Waals surface area contributed by atoms with Gasteiger partial charge in [0.05, 0.1) is 22.8 Å². The Morgan fingerprint density at radius 3 is 2.52 bits per heavy atom. The van der Waals surface area contributed by atoms with Crippen molar-refractivity contribution >= 4 is 56.4 Å². The fourth-order valence-corrected chi connectivity index (χ4v) is 3.70. The highest BCUT2D eigenvalue weighted by molar-refractivity contribution is 9.10. The molecule has 0 saturated carbocycles. The zero-order valence-corrected chi connectivity index (χ0v) is 19.1. The Kier molecular flexibility index (Phi) is 7.52. The second kappa shape index (κ2) is 9.90. The van der Waals surface area contributed by atoms with Crippen molar-refractivity contribution in [2.75, 3.05) is 12.4 Å². The molecule has 152 valence electrons. The molecule has 0 saturated heterocycles. The Bertz CT molecular complexity index is 1030. The molecule has 0 atom stereocenters. The smallest absolute Gasteiger partial charge is 0.167 e. The van der Waals surface area contributed by atoms with Gasteiger partial charge in [-0.15, -0.1) is 0 Å². The highest BCUT2D eigenvalue weighted by atomic mass is 79.9. The fourth-order valence-electron chi connectivity index (χ4n) is 2.67. The number of halogens is 5. The Hall–Kier alpha value is -1.66. The van der Waals surface area contributed by atoms with Crippen LogP contribution in [0.3, 0.4) is 0 Å². The molecule has 0 heterocycles. The lowest BCUT2D eigenvalue weighted by atomic mass is 10.1. The molecule has 0 spiro atoms. The summed E-state index contributed by atoms with van der Waals surface area (Å²) in [7, 11) is 1.56. The molecule has 0 aliphatic heterocycles. The van der Waals surface area contributed by atoms with Crippen molar-refractivity contribution in [3.63, 3.8) is 0 Å². The van der Waals surface area contributed by atoms with Crippen LogP contribution in [0.25, 0.3) is 0 Å². The summed E-state index contributed by atoms with van der Waals surface area (Å²) >= 11 is 22.0. The van der Waals surface area contributed by atoms with Gasteiger partial charge >= 0.3 is 0 Å². The van der Waals surface area contributed by atoms with Crippen LogP contribution in [0, 0.1) is 5.82 Å². The molecule has 0 aromatic heterocycles. The van der Waals surface area contributed by atoms with Crippen molar-refractivity contribution in [2.45, 2.75) is 13.2 Å². The van der Waals surface area contributed by atoms with Crippen molar-refractivity contribution in [3.8, 4) is 11.5 Å². The van der Waals surface area contributed by atoms with Gasteiger partial charge in [-0.1, -0.05) is 56.8 Å². The molecule has 0 amide bonds. The largest absolute Gasteiger partial charge is 0.493 e. The van der Waals surface area contributed by atoms with Crippen LogP contribution >= 0.6 is 50.7 Å². The maximum Gasteiger partial charge on any atom is 0.167 e. The van der Waals surface area contributed by atoms with Gasteiger partial charge in [0.2, 0.25) is 0 Å². The molecule has 0 bridgehead atoms. The van der Waals surface area contributed by atoms with Crippen LogP contribution < -0.4 is 14.8 Å². The topological polar surface area (TPSA) is 30.5 Å². The normalized spacial score (nSPS) is 10.7. The number of ether oxygens (including phenoxy) is 2. The minimum Gasteiger partial charge on any atom is -0.493 e. The van der Waals surface area contributed by atoms with Crippen molar-refractivity contribution in [2.24, 2.45) is 0 Å². The fraction of sp³-hybridized carbons (Fsp3) is 0.143. The third-order valence-corrected chi connectivity index (χ3v) is 5.82. The van der Waals surface area contributed by atoms with Gasteiger partial charge in [0, 0.05) is 27.2 Å². The molecule has 3 aromatic rings. The quantitative estimate of drug-likeness (QED) is 0.346. The molecule has 29 heavy (non-hydrogen) atoms. The highest BCUT2D eigenvalue weighted by Gasteiger charge is 2.16. The number of anilines is 1. The monoisotopic (exact) mass is 517 g/mol. The van der Waals surface area contributed by atoms with Crippen molar-refractivity contribution in [1.29, 1.82) is 0 Å². The van der Waals surface area contributed by atoms with Gasteiger partial charge in [-0.25, -0.2) is 4.39 Å². The number of hydrogen-bond donors (Lipinski definition) is 1. The van der Waals surface area contributed by atoms with Crippen LogP contribution in [0.4, 0.5) is 10.1 Å². The van der Waals surface area contributed by atoms with Crippen LogP contribution in [-0.2, 0) is 13.2 Å². The summed E-state index contributed by atoms with van der Waals surface area (Å²) in [5.74, 6) is 0.690. The van der Waals surface area contributed by atoms with Gasteiger partial charge < -0.3 is 14.8 Å². The molecule has 0 aliphatic rings. The number of hydrogen-bond acceptors (Lipinski definition) is 3. The minimum absolute atomic E-state index is 0.150. The summed E-state index contributed by atoms with van der Waals surface area (Å²) in [6, 6.07) is 13.0. The molecule has 0 radical (unpaired) electrons. The SMILES string of the molecule is COc1ccc(Br)c(CNc2cc(Cl)ccc2Cl)c1OCc1ccc(F)cc1Cl. The first-order valence-electron chi connectivity index (χ1n) is 8.50. The van der Waals surface area contributed by atoms with E-state index in [1.54, 1.807) is 37.4 Å². The summed E-state index contributed by atoms with van der Waals surface area (Å²) in [6.07, 6.45) is 0. The number of nitrogens with one attached hydrogen (secondary N) is 1. The van der Waals surface area contributed by atoms with E-state index >= 15 is 0 Å². The maximum atomic E-state index is 13.3. The second-order valence-electron chi connectivity index (χ2n) is 6.06. The first-order valence-corrected chi connectivity index (χ1v) is 10.4. The van der Waals surface area contributed by atoms with Crippen molar-refractivity contribution < 1.29 is 13.9 Å². The van der Waals surface area contributed by atoms with E-state index in [-0.39, 0.29) is 6.61 Å². The van der Waals surface area contributed by atoms with Crippen LogP contribution in [-0.4, -0.2) is 7.11 Å². The molecule has 0 unspecified atom stereocenters. The zero-order valence-electron chi connectivity index (χ0n) is 15.2. The average Bonchev–Trinajstić information content (AvgIpc) is 2.69. The zero-order chi connectivity index (χ0) is 21.0. The number of rotatable bonds is 7. The average molecular weight is 520 g/mol. The van der Waals surface area contributed by atoms with Gasteiger partial charge in [-0.2, -0.15) is 0 Å². The summed E-state index contributed by atoms with van der Waals surface area (Å²) in [6.45, 7) is 0.543. The maximum absolute atomic E-state index is 13.3. The van der Waals surface area contributed by atoms with E-state index in [0.29, 0.717) is 44.4 Å². The lowest BCUT2D eigenvalue weighted by Crippen LogP contribution is -2.07. The summed E-state index contributed by atoms with van der Waals surface area (Å²) in [5.41, 5.74) is 2.17. The molecule has 0 fully saturated rings. The van der Waals surface area contributed by atoms with E-state index in [4.69, 9.17) is 44.3 Å². The first-order chi connectivity index (χ1) is 13.9. The molecule has 0 aliphatic carbocycles. The van der Waals surface area contributed by atoms with Gasteiger partial charge in [0.15, 0.2) is 11.5 Å². The molecular formula is C21H16BrCl3FNO2. The van der Waals surface area contributed by atoms with Crippen molar-refractivity contribution in [3.05, 3.63) is 85.0 Å². The molecule has 3 aromatic carbocycles. The van der Waals surface area contributed by atoms with Gasteiger partial charge in [-0.3, -0.25) is 0 Å². The van der Waals surface area contributed by atoms with Crippen LogP contribution in [0.15, 0.2) is 53.0 Å². The van der Waals surface area contributed by atoms with E-state index in [0.717, 1.165) is 10.0 Å². The summed E-state index contributed by atoms with van der Waals surface area (Å²) in [4.78, 5) is 0. The van der Waals surface area contributed by atoms with Gasteiger partial charge in [0.1, 0.15) is 12.4 Å². The number of methoxy groups -OCH3 is 1. The molecule has 3 rings (SSSR count). The summed E-state index contributed by atoms with van der Waals surface area (Å²) < 4.78 is 25.6. The van der Waals surface area contributed by atoms with Gasteiger partial charge in [-0.05, 0) is 42.5 Å². The Morgan fingerprint density at radius 2 is 1.79 bits per heavy atom. The Morgan fingerprint density at radius 1 is 1.00 bits per heavy atom. The predicted octanol–water partition coefficient (Wildman–Crippen LogP) is 7.75. The van der Waals surface area contributed by atoms with E-state index in [9.17, 15) is 4.39 Å². The van der Waals surface area contributed by atoms with Crippen LogP contribution in [0.5, 0.6) is 11.5 Å². The molecule has 3 nitrogen and oxygen atoms in total. The van der Waals surface area contributed by atoms with Crippen LogP contribution in [0.2, 0.25) is 15.1 Å². The van der Waals surface area contributed by atoms with E-state index in [1.807, 2.05) is 6.07 Å². The van der Waals surface area contributed by atoms with E-state index in [2.05, 4.69) is 21.2 Å². The minimum atomic E-state index is -0.401. The first kappa shape index (κ1) is 22.0.